The first-order chi connectivity index (χ1) is 8.75. The highest BCUT2D eigenvalue weighted by Gasteiger charge is 2.16. The van der Waals surface area contributed by atoms with Gasteiger partial charge in [-0.05, 0) is 24.3 Å². The maximum absolute atomic E-state index is 11.7. The van der Waals surface area contributed by atoms with Gasteiger partial charge in [-0.3, -0.25) is 0 Å². The van der Waals surface area contributed by atoms with E-state index in [1.807, 2.05) is 17.5 Å². The zero-order valence-electron chi connectivity index (χ0n) is 10.4. The van der Waals surface area contributed by atoms with E-state index in [0.29, 0.717) is 6.04 Å². The van der Waals surface area contributed by atoms with Crippen molar-refractivity contribution in [3.8, 4) is 0 Å². The van der Waals surface area contributed by atoms with Crippen molar-refractivity contribution < 1.29 is 9.90 Å². The van der Waals surface area contributed by atoms with Gasteiger partial charge in [0.05, 0.1) is 6.54 Å². The number of hydrogen-bond donors (Lipinski definition) is 3. The van der Waals surface area contributed by atoms with Crippen LogP contribution in [-0.4, -0.2) is 23.7 Å². The molecular formula is C13H20N2O2S. The number of thiophene rings is 1. The summed E-state index contributed by atoms with van der Waals surface area (Å²) in [6.07, 6.45) is 5.20. The van der Waals surface area contributed by atoms with Gasteiger partial charge in [0.25, 0.3) is 0 Å². The predicted molar refractivity (Wildman–Crippen MR) is 72.7 cm³/mol. The Morgan fingerprint density at radius 1 is 1.44 bits per heavy atom. The highest BCUT2D eigenvalue weighted by atomic mass is 32.1. The van der Waals surface area contributed by atoms with Crippen LogP contribution in [-0.2, 0) is 0 Å². The summed E-state index contributed by atoms with van der Waals surface area (Å²) in [5.41, 5.74) is 0. The molecule has 1 aliphatic rings. The summed E-state index contributed by atoms with van der Waals surface area (Å²) in [6.45, 7) is 0.263. The molecule has 1 saturated carbocycles. The molecule has 1 unspecified atom stereocenters. The third-order valence-corrected chi connectivity index (χ3v) is 4.24. The Morgan fingerprint density at radius 3 is 2.89 bits per heavy atom. The molecular weight excluding hydrogens is 248 g/mol. The van der Waals surface area contributed by atoms with Crippen LogP contribution < -0.4 is 10.6 Å². The number of hydrogen-bond acceptors (Lipinski definition) is 3. The Kier molecular flexibility index (Phi) is 5.01. The summed E-state index contributed by atoms with van der Waals surface area (Å²) in [7, 11) is 0. The van der Waals surface area contributed by atoms with E-state index < -0.39 is 6.10 Å². The smallest absolute Gasteiger partial charge is 0.315 e. The fourth-order valence-corrected chi connectivity index (χ4v) is 2.97. The Balaban J connectivity index is 1.68. The normalized spacial score (nSPS) is 18.3. The number of nitrogens with one attached hydrogen (secondary N) is 2. The van der Waals surface area contributed by atoms with Crippen molar-refractivity contribution in [2.45, 2.75) is 44.2 Å². The molecule has 0 aliphatic heterocycles. The number of aliphatic hydroxyl groups is 1. The van der Waals surface area contributed by atoms with E-state index in [2.05, 4.69) is 10.6 Å². The van der Waals surface area contributed by atoms with E-state index in [4.69, 9.17) is 0 Å². The van der Waals surface area contributed by atoms with Gasteiger partial charge in [-0.15, -0.1) is 11.3 Å². The number of aliphatic hydroxyl groups excluding tert-OH is 1. The van der Waals surface area contributed by atoms with Crippen LogP contribution in [0, 0.1) is 0 Å². The van der Waals surface area contributed by atoms with Crippen molar-refractivity contribution in [2.24, 2.45) is 0 Å². The minimum Gasteiger partial charge on any atom is -0.386 e. The second-order valence-electron chi connectivity index (χ2n) is 4.72. The van der Waals surface area contributed by atoms with Gasteiger partial charge in [0.15, 0.2) is 0 Å². The van der Waals surface area contributed by atoms with Gasteiger partial charge in [0.1, 0.15) is 6.10 Å². The number of carbonyl (C=O) groups is 1. The summed E-state index contributed by atoms with van der Waals surface area (Å²) in [5.74, 6) is 0. The monoisotopic (exact) mass is 268 g/mol. The molecule has 2 amide bonds. The Hall–Kier alpha value is -1.07. The van der Waals surface area contributed by atoms with Gasteiger partial charge < -0.3 is 15.7 Å². The van der Waals surface area contributed by atoms with Crippen molar-refractivity contribution in [3.05, 3.63) is 22.4 Å². The van der Waals surface area contributed by atoms with Crippen LogP contribution in [0.15, 0.2) is 17.5 Å². The molecule has 1 aromatic heterocycles. The second-order valence-corrected chi connectivity index (χ2v) is 5.70. The zero-order chi connectivity index (χ0) is 12.8. The molecule has 1 aromatic rings. The quantitative estimate of drug-likeness (QED) is 0.785. The van der Waals surface area contributed by atoms with Crippen molar-refractivity contribution >= 4 is 17.4 Å². The van der Waals surface area contributed by atoms with Crippen molar-refractivity contribution in [3.63, 3.8) is 0 Å². The topological polar surface area (TPSA) is 61.4 Å². The molecule has 3 N–H and O–H groups in total. The van der Waals surface area contributed by atoms with E-state index in [9.17, 15) is 9.90 Å². The lowest BCUT2D eigenvalue weighted by Crippen LogP contribution is -2.44. The first kappa shape index (κ1) is 13.4. The van der Waals surface area contributed by atoms with Crippen LogP contribution in [0.1, 0.15) is 43.1 Å². The number of amides is 2. The summed E-state index contributed by atoms with van der Waals surface area (Å²) in [4.78, 5) is 12.5. The van der Waals surface area contributed by atoms with Crippen molar-refractivity contribution in [1.82, 2.24) is 10.6 Å². The van der Waals surface area contributed by atoms with Gasteiger partial charge in [0.2, 0.25) is 0 Å². The van der Waals surface area contributed by atoms with Gasteiger partial charge in [0, 0.05) is 10.9 Å². The molecule has 1 fully saturated rings. The molecule has 0 radical (unpaired) electrons. The van der Waals surface area contributed by atoms with E-state index in [1.165, 1.54) is 30.6 Å². The summed E-state index contributed by atoms with van der Waals surface area (Å²) in [6, 6.07) is 3.90. The molecule has 0 aromatic carbocycles. The Bertz CT molecular complexity index is 361. The molecule has 0 spiro atoms. The molecule has 1 heterocycles. The first-order valence-corrected chi connectivity index (χ1v) is 7.39. The number of urea groups is 1. The zero-order valence-corrected chi connectivity index (χ0v) is 11.2. The third kappa shape index (κ3) is 3.99. The average molecular weight is 268 g/mol. The predicted octanol–water partition coefficient (Wildman–Crippen LogP) is 2.41. The summed E-state index contributed by atoms with van der Waals surface area (Å²) < 4.78 is 0. The largest absolute Gasteiger partial charge is 0.386 e. The van der Waals surface area contributed by atoms with E-state index in [-0.39, 0.29) is 12.6 Å². The van der Waals surface area contributed by atoms with Gasteiger partial charge in [-0.25, -0.2) is 4.79 Å². The average Bonchev–Trinajstić information content (AvgIpc) is 2.91. The molecule has 5 heteroatoms. The highest BCUT2D eigenvalue weighted by molar-refractivity contribution is 7.10. The van der Waals surface area contributed by atoms with E-state index >= 15 is 0 Å². The maximum Gasteiger partial charge on any atom is 0.315 e. The van der Waals surface area contributed by atoms with E-state index in [0.717, 1.165) is 17.7 Å². The standard InChI is InChI=1S/C13H20N2O2S/c16-11(12-7-4-8-18-12)9-14-13(17)15-10-5-2-1-3-6-10/h4,7-8,10-11,16H,1-3,5-6,9H2,(H2,14,15,17). The van der Waals surface area contributed by atoms with E-state index in [1.54, 1.807) is 0 Å². The Morgan fingerprint density at radius 2 is 2.22 bits per heavy atom. The number of rotatable bonds is 4. The fourth-order valence-electron chi connectivity index (χ4n) is 2.25. The highest BCUT2D eigenvalue weighted by Crippen LogP contribution is 2.18. The molecule has 2 rings (SSSR count). The van der Waals surface area contributed by atoms with Crippen LogP contribution >= 0.6 is 11.3 Å². The maximum atomic E-state index is 11.7. The van der Waals surface area contributed by atoms with Crippen LogP contribution in [0.2, 0.25) is 0 Å². The van der Waals surface area contributed by atoms with Gasteiger partial charge in [-0.2, -0.15) is 0 Å². The van der Waals surface area contributed by atoms with Gasteiger partial charge >= 0.3 is 6.03 Å². The van der Waals surface area contributed by atoms with Gasteiger partial charge in [-0.1, -0.05) is 25.3 Å². The lowest BCUT2D eigenvalue weighted by Gasteiger charge is -2.23. The first-order valence-electron chi connectivity index (χ1n) is 6.51. The Labute approximate surface area is 111 Å². The number of carbonyl (C=O) groups excluding carboxylic acids is 1. The molecule has 4 nitrogen and oxygen atoms in total. The molecule has 1 atom stereocenters. The molecule has 18 heavy (non-hydrogen) atoms. The third-order valence-electron chi connectivity index (χ3n) is 3.27. The summed E-state index contributed by atoms with van der Waals surface area (Å²) in [5, 5.41) is 17.4. The van der Waals surface area contributed by atoms with Crippen LogP contribution in [0.5, 0.6) is 0 Å². The van der Waals surface area contributed by atoms with Crippen molar-refractivity contribution in [2.75, 3.05) is 6.54 Å². The van der Waals surface area contributed by atoms with Crippen molar-refractivity contribution in [1.29, 1.82) is 0 Å². The minimum absolute atomic E-state index is 0.169. The molecule has 0 saturated heterocycles. The fraction of sp³-hybridized carbons (Fsp3) is 0.615. The molecule has 100 valence electrons. The summed E-state index contributed by atoms with van der Waals surface area (Å²) >= 11 is 1.50. The lowest BCUT2D eigenvalue weighted by molar-refractivity contribution is 0.175. The second kappa shape index (κ2) is 6.75. The lowest BCUT2D eigenvalue weighted by atomic mass is 9.96. The minimum atomic E-state index is -0.609. The van der Waals surface area contributed by atoms with Crippen LogP contribution in [0.4, 0.5) is 4.79 Å². The van der Waals surface area contributed by atoms with Crippen LogP contribution in [0.25, 0.3) is 0 Å². The SMILES string of the molecule is O=C(NCC(O)c1cccs1)NC1CCCCC1. The molecule has 0 bridgehead atoms. The molecule has 1 aliphatic carbocycles. The van der Waals surface area contributed by atoms with Crippen LogP contribution in [0.3, 0.4) is 0 Å².